The number of ether oxygens (including phenoxy) is 1. The van der Waals surface area contributed by atoms with E-state index in [0.29, 0.717) is 24.5 Å². The zero-order chi connectivity index (χ0) is 13.1. The Morgan fingerprint density at radius 2 is 2.50 bits per heavy atom. The monoisotopic (exact) mass is 272 g/mol. The third-order valence-electron chi connectivity index (χ3n) is 2.68. The van der Waals surface area contributed by atoms with E-state index in [-0.39, 0.29) is 11.8 Å². The number of nitrogens with zero attached hydrogens (tertiary/aromatic N) is 3. The molecule has 18 heavy (non-hydrogen) atoms. The summed E-state index contributed by atoms with van der Waals surface area (Å²) in [5, 5.41) is 11.3. The van der Waals surface area contributed by atoms with Crippen molar-refractivity contribution in [3.05, 3.63) is 16.3 Å². The Morgan fingerprint density at radius 1 is 1.72 bits per heavy atom. The van der Waals surface area contributed by atoms with Crippen LogP contribution >= 0.6 is 11.5 Å². The van der Waals surface area contributed by atoms with Crippen molar-refractivity contribution in [1.29, 1.82) is 0 Å². The maximum atomic E-state index is 10.8. The van der Waals surface area contributed by atoms with Crippen molar-refractivity contribution in [2.24, 2.45) is 5.73 Å². The van der Waals surface area contributed by atoms with Crippen LogP contribution in [0.25, 0.3) is 0 Å². The second-order valence-electron chi connectivity index (χ2n) is 3.92. The van der Waals surface area contributed by atoms with Gasteiger partial charge in [-0.15, -0.1) is 0 Å². The summed E-state index contributed by atoms with van der Waals surface area (Å²) in [5.41, 5.74) is 4.95. The molecule has 0 radical (unpaired) electrons. The van der Waals surface area contributed by atoms with Gasteiger partial charge in [-0.05, 0) is 24.4 Å². The van der Waals surface area contributed by atoms with Crippen molar-refractivity contribution >= 4 is 28.3 Å². The smallest absolute Gasteiger partial charge is 0.404 e. The van der Waals surface area contributed by atoms with E-state index in [9.17, 15) is 14.9 Å². The fourth-order valence-electron chi connectivity index (χ4n) is 1.96. The Morgan fingerprint density at radius 3 is 3.17 bits per heavy atom. The zero-order valence-corrected chi connectivity index (χ0v) is 10.3. The van der Waals surface area contributed by atoms with Crippen LogP contribution in [0.4, 0.5) is 15.5 Å². The molecule has 0 aromatic carbocycles. The Hall–Kier alpha value is -1.90. The number of nitrogens with two attached hydrogens (primary N) is 1. The van der Waals surface area contributed by atoms with E-state index in [1.807, 2.05) is 4.90 Å². The summed E-state index contributed by atoms with van der Waals surface area (Å²) in [4.78, 5) is 22.9. The van der Waals surface area contributed by atoms with Crippen LogP contribution in [0.3, 0.4) is 0 Å². The molecule has 1 aliphatic rings. The molecule has 1 aliphatic heterocycles. The Labute approximate surface area is 107 Å². The molecule has 1 saturated heterocycles. The number of anilines is 1. The lowest BCUT2D eigenvalue weighted by Crippen LogP contribution is -2.41. The van der Waals surface area contributed by atoms with Crippen LogP contribution in [-0.4, -0.2) is 34.6 Å². The number of nitro groups is 1. The Balaban J connectivity index is 2.10. The van der Waals surface area contributed by atoms with Gasteiger partial charge in [0.25, 0.3) is 0 Å². The van der Waals surface area contributed by atoms with Gasteiger partial charge in [0.1, 0.15) is 12.3 Å². The number of rotatable bonds is 3. The number of primary amides is 1. The fourth-order valence-corrected chi connectivity index (χ4v) is 2.71. The zero-order valence-electron chi connectivity index (χ0n) is 9.44. The van der Waals surface area contributed by atoms with Crippen molar-refractivity contribution in [2.45, 2.75) is 18.9 Å². The molecule has 0 unspecified atom stereocenters. The van der Waals surface area contributed by atoms with Crippen molar-refractivity contribution < 1.29 is 14.5 Å². The number of hydrogen-bond acceptors (Lipinski definition) is 7. The quantitative estimate of drug-likeness (QED) is 0.651. The molecule has 0 bridgehead atoms. The first-order valence-electron chi connectivity index (χ1n) is 5.38. The summed E-state index contributed by atoms with van der Waals surface area (Å²) in [5.74, 6) is 0. The molecular formula is C9H12N4O4S. The molecule has 0 aliphatic carbocycles. The van der Waals surface area contributed by atoms with Gasteiger partial charge in [0.05, 0.1) is 11.5 Å². The standard InChI is InChI=1S/C9H12N4O4S/c10-9(14)17-6-2-1-3-12(5-6)8-7(13(15)16)4-11-18-8/h4,6H,1-3,5H2,(H2,10,14)/t6-/m0/s1. The number of carbonyl (C=O) groups excluding carboxylic acids is 1. The lowest BCUT2D eigenvalue weighted by molar-refractivity contribution is -0.383. The first kappa shape index (κ1) is 12.6. The van der Waals surface area contributed by atoms with E-state index < -0.39 is 11.0 Å². The average molecular weight is 272 g/mol. The fraction of sp³-hybridized carbons (Fsp3) is 0.556. The lowest BCUT2D eigenvalue weighted by Gasteiger charge is -2.31. The van der Waals surface area contributed by atoms with E-state index >= 15 is 0 Å². The normalized spacial score (nSPS) is 19.6. The molecule has 9 heteroatoms. The highest BCUT2D eigenvalue weighted by atomic mass is 32.1. The molecule has 98 valence electrons. The van der Waals surface area contributed by atoms with Crippen LogP contribution in [0.15, 0.2) is 6.20 Å². The molecule has 2 N–H and O–H groups in total. The molecule has 1 fully saturated rings. The third-order valence-corrected chi connectivity index (χ3v) is 3.53. The van der Waals surface area contributed by atoms with Gasteiger partial charge in [-0.3, -0.25) is 10.1 Å². The van der Waals surface area contributed by atoms with E-state index in [4.69, 9.17) is 10.5 Å². The van der Waals surface area contributed by atoms with E-state index in [2.05, 4.69) is 4.37 Å². The number of amides is 1. The maximum Gasteiger partial charge on any atom is 0.404 e. The minimum atomic E-state index is -0.819. The highest BCUT2D eigenvalue weighted by Gasteiger charge is 2.28. The molecule has 1 atom stereocenters. The van der Waals surface area contributed by atoms with E-state index in [1.165, 1.54) is 6.20 Å². The summed E-state index contributed by atoms with van der Waals surface area (Å²) in [6.45, 7) is 1.09. The molecule has 2 rings (SSSR count). The number of hydrogen-bond donors (Lipinski definition) is 1. The molecule has 1 aromatic heterocycles. The SMILES string of the molecule is NC(=O)O[C@H]1CCCN(c2sncc2[N+](=O)[O-])C1. The van der Waals surface area contributed by atoms with Crippen LogP contribution in [-0.2, 0) is 4.74 Å². The second-order valence-corrected chi connectivity index (χ2v) is 4.70. The minimum absolute atomic E-state index is 0.0141. The van der Waals surface area contributed by atoms with Crippen molar-refractivity contribution in [3.63, 3.8) is 0 Å². The van der Waals surface area contributed by atoms with Crippen LogP contribution in [0.1, 0.15) is 12.8 Å². The number of aromatic nitrogens is 1. The van der Waals surface area contributed by atoms with Gasteiger partial charge in [-0.1, -0.05) is 0 Å². The first-order valence-corrected chi connectivity index (χ1v) is 6.15. The van der Waals surface area contributed by atoms with E-state index in [0.717, 1.165) is 18.0 Å². The van der Waals surface area contributed by atoms with Crippen molar-refractivity contribution in [3.8, 4) is 0 Å². The first-order chi connectivity index (χ1) is 8.58. The van der Waals surface area contributed by atoms with Crippen molar-refractivity contribution in [2.75, 3.05) is 18.0 Å². The summed E-state index contributed by atoms with van der Waals surface area (Å²) in [6, 6.07) is 0. The van der Waals surface area contributed by atoms with Crippen LogP contribution < -0.4 is 10.6 Å². The number of piperidine rings is 1. The average Bonchev–Trinajstić information content (AvgIpc) is 2.77. The van der Waals surface area contributed by atoms with Gasteiger partial charge in [0.2, 0.25) is 0 Å². The number of carbonyl (C=O) groups is 1. The summed E-state index contributed by atoms with van der Waals surface area (Å²) in [7, 11) is 0. The van der Waals surface area contributed by atoms with Crippen LogP contribution in [0.5, 0.6) is 0 Å². The largest absolute Gasteiger partial charge is 0.445 e. The Bertz CT molecular complexity index is 463. The van der Waals surface area contributed by atoms with Crippen molar-refractivity contribution in [1.82, 2.24) is 4.37 Å². The summed E-state index contributed by atoms with van der Waals surface area (Å²) in [6.07, 6.45) is 1.59. The van der Waals surface area contributed by atoms with Crippen LogP contribution in [0.2, 0.25) is 0 Å². The van der Waals surface area contributed by atoms with Gasteiger partial charge in [-0.25, -0.2) is 4.79 Å². The molecular weight excluding hydrogens is 260 g/mol. The molecule has 2 heterocycles. The van der Waals surface area contributed by atoms with Gasteiger partial charge in [0, 0.05) is 6.54 Å². The molecule has 0 saturated carbocycles. The molecule has 1 aromatic rings. The predicted octanol–water partition coefficient (Wildman–Crippen LogP) is 1.12. The topological polar surface area (TPSA) is 112 Å². The van der Waals surface area contributed by atoms with Gasteiger partial charge in [0.15, 0.2) is 5.00 Å². The second kappa shape index (κ2) is 5.17. The van der Waals surface area contributed by atoms with E-state index in [1.54, 1.807) is 0 Å². The Kier molecular flexibility index (Phi) is 3.60. The predicted molar refractivity (Wildman–Crippen MR) is 64.7 cm³/mol. The maximum absolute atomic E-state index is 10.8. The third kappa shape index (κ3) is 2.67. The lowest BCUT2D eigenvalue weighted by atomic mass is 10.1. The highest BCUT2D eigenvalue weighted by Crippen LogP contribution is 2.34. The summed E-state index contributed by atoms with van der Waals surface area (Å²) < 4.78 is 8.76. The van der Waals surface area contributed by atoms with Gasteiger partial charge >= 0.3 is 11.8 Å². The highest BCUT2D eigenvalue weighted by molar-refractivity contribution is 7.10. The summed E-state index contributed by atoms with van der Waals surface area (Å²) >= 11 is 1.07. The minimum Gasteiger partial charge on any atom is -0.445 e. The molecule has 1 amide bonds. The molecule has 0 spiro atoms. The van der Waals surface area contributed by atoms with Gasteiger partial charge < -0.3 is 15.4 Å². The molecule has 8 nitrogen and oxygen atoms in total. The van der Waals surface area contributed by atoms with Gasteiger partial charge in [-0.2, -0.15) is 4.37 Å². The van der Waals surface area contributed by atoms with Crippen LogP contribution in [0, 0.1) is 10.1 Å².